The molecule has 0 spiro atoms. The van der Waals surface area contributed by atoms with Crippen molar-refractivity contribution in [3.8, 4) is 0 Å². The van der Waals surface area contributed by atoms with Crippen LogP contribution in [0.2, 0.25) is 0 Å². The largest absolute Gasteiger partial charge is 0.472 e. The number of phosphoric acid groups is 2. The van der Waals surface area contributed by atoms with E-state index in [0.29, 0.717) is 31.6 Å². The first-order valence-corrected chi connectivity index (χ1v) is 35.4. The maximum atomic E-state index is 13.0. The van der Waals surface area contributed by atoms with E-state index in [9.17, 15) is 43.2 Å². The van der Waals surface area contributed by atoms with E-state index in [2.05, 4.69) is 58.9 Å². The molecular formula is C63H118O17P2. The monoisotopic (exact) mass is 1210 g/mol. The first kappa shape index (κ1) is 79.5. The molecule has 0 bridgehead atoms. The van der Waals surface area contributed by atoms with Crippen molar-refractivity contribution in [3.63, 3.8) is 0 Å². The number of rotatable bonds is 61. The number of hydrogen-bond donors (Lipinski definition) is 3. The molecule has 0 aromatic heterocycles. The molecule has 0 aliphatic carbocycles. The van der Waals surface area contributed by atoms with Gasteiger partial charge in [0.1, 0.15) is 19.3 Å². The van der Waals surface area contributed by atoms with E-state index in [4.69, 9.17) is 37.0 Å². The van der Waals surface area contributed by atoms with Gasteiger partial charge < -0.3 is 33.8 Å². The Morgan fingerprint density at radius 3 is 1.00 bits per heavy atom. The van der Waals surface area contributed by atoms with Crippen molar-refractivity contribution in [2.24, 2.45) is 5.92 Å². The summed E-state index contributed by atoms with van der Waals surface area (Å²) >= 11 is 0. The van der Waals surface area contributed by atoms with Crippen LogP contribution in [0.1, 0.15) is 291 Å². The number of ether oxygens (including phenoxy) is 4. The lowest BCUT2D eigenvalue weighted by atomic mass is 10.0. The molecule has 0 aromatic rings. The van der Waals surface area contributed by atoms with Crippen LogP contribution in [0.15, 0.2) is 24.3 Å². The number of esters is 4. The van der Waals surface area contributed by atoms with Crippen LogP contribution < -0.4 is 0 Å². The highest BCUT2D eigenvalue weighted by atomic mass is 31.2. The van der Waals surface area contributed by atoms with E-state index in [0.717, 1.165) is 122 Å². The highest BCUT2D eigenvalue weighted by molar-refractivity contribution is 7.47. The normalized spacial score (nSPS) is 14.5. The lowest BCUT2D eigenvalue weighted by Crippen LogP contribution is -2.30. The van der Waals surface area contributed by atoms with Gasteiger partial charge in [0, 0.05) is 25.7 Å². The second-order valence-corrected chi connectivity index (χ2v) is 25.5. The maximum Gasteiger partial charge on any atom is 0.472 e. The number of allylic oxidation sites excluding steroid dienone is 4. The molecule has 19 heteroatoms. The van der Waals surface area contributed by atoms with Gasteiger partial charge in [-0.05, 0) is 57.3 Å². The number of aliphatic hydroxyl groups is 1. The van der Waals surface area contributed by atoms with Crippen molar-refractivity contribution in [2.75, 3.05) is 39.6 Å². The van der Waals surface area contributed by atoms with Gasteiger partial charge in [0.2, 0.25) is 0 Å². The summed E-state index contributed by atoms with van der Waals surface area (Å²) < 4.78 is 67.8. The predicted octanol–water partition coefficient (Wildman–Crippen LogP) is 17.0. The van der Waals surface area contributed by atoms with Crippen molar-refractivity contribution in [2.45, 2.75) is 310 Å². The number of unbranched alkanes of at least 4 members (excludes halogenated alkanes) is 30. The lowest BCUT2D eigenvalue weighted by molar-refractivity contribution is -0.161. The molecule has 0 aliphatic heterocycles. The first-order chi connectivity index (χ1) is 39.5. The zero-order valence-corrected chi connectivity index (χ0v) is 53.9. The van der Waals surface area contributed by atoms with Crippen LogP contribution in [0.3, 0.4) is 0 Å². The molecule has 17 nitrogen and oxygen atoms in total. The van der Waals surface area contributed by atoms with Gasteiger partial charge in [-0.2, -0.15) is 0 Å². The van der Waals surface area contributed by atoms with Crippen molar-refractivity contribution in [1.29, 1.82) is 0 Å². The predicted molar refractivity (Wildman–Crippen MR) is 326 cm³/mol. The minimum atomic E-state index is -4.95. The van der Waals surface area contributed by atoms with Gasteiger partial charge in [0.25, 0.3) is 0 Å². The van der Waals surface area contributed by atoms with Crippen molar-refractivity contribution in [3.05, 3.63) is 24.3 Å². The van der Waals surface area contributed by atoms with Crippen LogP contribution in [0.5, 0.6) is 0 Å². The van der Waals surface area contributed by atoms with Crippen molar-refractivity contribution < 1.29 is 80.2 Å². The molecule has 0 aromatic carbocycles. The molecule has 0 rings (SSSR count). The Kier molecular flexibility index (Phi) is 54.7. The molecule has 0 fully saturated rings. The van der Waals surface area contributed by atoms with E-state index < -0.39 is 97.5 Å². The van der Waals surface area contributed by atoms with Crippen LogP contribution in [0.4, 0.5) is 0 Å². The second kappa shape index (κ2) is 56.4. The molecule has 0 aliphatic rings. The van der Waals surface area contributed by atoms with Crippen molar-refractivity contribution >= 4 is 39.5 Å². The molecule has 3 N–H and O–H groups in total. The number of carbonyl (C=O) groups excluding carboxylic acids is 4. The molecule has 0 amide bonds. The summed E-state index contributed by atoms with van der Waals surface area (Å²) in [5.41, 5.74) is 0. The lowest BCUT2D eigenvalue weighted by Gasteiger charge is -2.21. The Bertz CT molecular complexity index is 1690. The van der Waals surface area contributed by atoms with Crippen LogP contribution in [0.25, 0.3) is 0 Å². The van der Waals surface area contributed by atoms with Gasteiger partial charge in [0.05, 0.1) is 26.4 Å². The fraction of sp³-hybridized carbons (Fsp3) is 0.873. The quantitative estimate of drug-likeness (QED) is 0.0169. The van der Waals surface area contributed by atoms with Gasteiger partial charge >= 0.3 is 39.5 Å². The minimum absolute atomic E-state index is 0.0842. The number of carbonyl (C=O) groups is 4. The average molecular weight is 1210 g/mol. The highest BCUT2D eigenvalue weighted by Crippen LogP contribution is 2.45. The van der Waals surface area contributed by atoms with Crippen LogP contribution in [0, 0.1) is 5.92 Å². The third kappa shape index (κ3) is 56.7. The molecule has 2 unspecified atom stereocenters. The summed E-state index contributed by atoms with van der Waals surface area (Å²) in [6, 6.07) is 0. The summed E-state index contributed by atoms with van der Waals surface area (Å²) in [6.45, 7) is 7.01. The van der Waals surface area contributed by atoms with Gasteiger partial charge in [-0.15, -0.1) is 0 Å². The molecule has 0 saturated carbocycles. The van der Waals surface area contributed by atoms with Crippen LogP contribution in [-0.2, 0) is 65.4 Å². The van der Waals surface area contributed by atoms with Gasteiger partial charge in [0.15, 0.2) is 12.2 Å². The molecule has 0 saturated heterocycles. The van der Waals surface area contributed by atoms with Gasteiger partial charge in [-0.25, -0.2) is 9.13 Å². The Hall–Kier alpha value is -2.46. The molecular weight excluding hydrogens is 1090 g/mol. The molecule has 5 atom stereocenters. The smallest absolute Gasteiger partial charge is 0.462 e. The zero-order chi connectivity index (χ0) is 60.6. The zero-order valence-electron chi connectivity index (χ0n) is 52.1. The summed E-state index contributed by atoms with van der Waals surface area (Å²) in [5, 5.41) is 10.5. The average Bonchev–Trinajstić information content (AvgIpc) is 3.46. The second-order valence-electron chi connectivity index (χ2n) is 22.6. The molecule has 82 heavy (non-hydrogen) atoms. The summed E-state index contributed by atoms with van der Waals surface area (Å²) in [5.74, 6) is -1.47. The Morgan fingerprint density at radius 1 is 0.378 bits per heavy atom. The van der Waals surface area contributed by atoms with Crippen LogP contribution in [-0.4, -0.2) is 96.7 Å². The summed E-state index contributed by atoms with van der Waals surface area (Å²) in [7, 11) is -9.89. The summed E-state index contributed by atoms with van der Waals surface area (Å²) in [6.07, 6.45) is 42.7. The molecule has 482 valence electrons. The third-order valence-electron chi connectivity index (χ3n) is 13.9. The highest BCUT2D eigenvalue weighted by Gasteiger charge is 2.30. The number of hydrogen-bond acceptors (Lipinski definition) is 15. The Labute approximate surface area is 497 Å². The fourth-order valence-electron chi connectivity index (χ4n) is 8.87. The Balaban J connectivity index is 5.24. The van der Waals surface area contributed by atoms with E-state index in [1.54, 1.807) is 0 Å². The van der Waals surface area contributed by atoms with Gasteiger partial charge in [-0.1, -0.05) is 239 Å². The Morgan fingerprint density at radius 2 is 0.659 bits per heavy atom. The maximum absolute atomic E-state index is 13.0. The van der Waals surface area contributed by atoms with Crippen molar-refractivity contribution in [1.82, 2.24) is 0 Å². The molecule has 0 heterocycles. The minimum Gasteiger partial charge on any atom is -0.462 e. The van der Waals surface area contributed by atoms with E-state index in [1.165, 1.54) is 83.5 Å². The third-order valence-corrected chi connectivity index (χ3v) is 15.8. The first-order valence-electron chi connectivity index (χ1n) is 32.5. The number of phosphoric ester groups is 2. The fourth-order valence-corrected chi connectivity index (χ4v) is 10.4. The summed E-state index contributed by atoms with van der Waals surface area (Å²) in [4.78, 5) is 72.0. The van der Waals surface area contributed by atoms with E-state index in [1.807, 2.05) is 0 Å². The van der Waals surface area contributed by atoms with Crippen LogP contribution >= 0.6 is 15.6 Å². The standard InChI is InChI=1S/C63H118O17P2/c1-6-9-12-15-18-20-22-23-24-25-26-28-33-39-44-49-63(68)80-59(53-74-61(66)47-42-37-34-29-31-35-40-45-56(4)5)55-78-82(71,72)76-51-57(64)50-75-81(69,70)77-54-58(52-73-60(65)46-41-36-30-17-14-11-8-3)79-62(67)48-43-38-32-27-21-19-16-13-10-7-2/h20,22-24,56-59,64H,6-19,21,25-55H2,1-5H3,(H,69,70)(H,71,72)/b22-20-,24-23-/t57-,58+,59+/m0/s1. The SMILES string of the molecule is CCCCCC/C=C\C=C/CCCCCCCC(=O)O[C@H](COC(=O)CCCCCCCCCC(C)C)COP(=O)(O)OC[C@@H](O)COP(=O)(O)OC[C@@H](COC(=O)CCCCCCCCC)OC(=O)CCCCCCCCCCCC. The van der Waals surface area contributed by atoms with E-state index in [-0.39, 0.29) is 25.7 Å². The van der Waals surface area contributed by atoms with Gasteiger partial charge in [-0.3, -0.25) is 37.3 Å². The topological polar surface area (TPSA) is 237 Å². The molecule has 0 radical (unpaired) electrons. The number of aliphatic hydroxyl groups excluding tert-OH is 1. The van der Waals surface area contributed by atoms with E-state index >= 15 is 0 Å².